The summed E-state index contributed by atoms with van der Waals surface area (Å²) in [5, 5.41) is 8.87. The number of halogens is 4. The van der Waals surface area contributed by atoms with Gasteiger partial charge in [-0.3, -0.25) is 4.79 Å². The fraction of sp³-hybridized carbons (Fsp3) is 0.346. The van der Waals surface area contributed by atoms with E-state index in [-0.39, 0.29) is 36.1 Å². The molecule has 0 saturated heterocycles. The molecule has 7 heteroatoms. The van der Waals surface area contributed by atoms with Crippen molar-refractivity contribution in [2.45, 2.75) is 56.9 Å². The lowest BCUT2D eigenvalue weighted by Crippen LogP contribution is -2.52. The molecular weight excluding hydrogens is 449 g/mol. The molecule has 2 N–H and O–H groups in total. The van der Waals surface area contributed by atoms with Crippen LogP contribution in [0.1, 0.15) is 60.1 Å². The van der Waals surface area contributed by atoms with Gasteiger partial charge in [0, 0.05) is 18.1 Å². The van der Waals surface area contributed by atoms with E-state index in [1.54, 1.807) is 0 Å². The van der Waals surface area contributed by atoms with Crippen LogP contribution < -0.4 is 10.6 Å². The van der Waals surface area contributed by atoms with Crippen molar-refractivity contribution in [3.63, 3.8) is 0 Å². The number of nitrogens with one attached hydrogen (secondary N) is 2. The van der Waals surface area contributed by atoms with Crippen molar-refractivity contribution >= 4 is 29.1 Å². The van der Waals surface area contributed by atoms with Crippen LogP contribution in [0.3, 0.4) is 0 Å². The van der Waals surface area contributed by atoms with E-state index in [1.807, 2.05) is 18.2 Å². The maximum Gasteiger partial charge on any atom is 0.417 e. The zero-order valence-electron chi connectivity index (χ0n) is 18.4. The lowest BCUT2D eigenvalue weighted by atomic mass is 9.88. The van der Waals surface area contributed by atoms with Crippen LogP contribution in [0.4, 0.5) is 13.2 Å². The van der Waals surface area contributed by atoms with E-state index in [4.69, 9.17) is 0 Å². The molecule has 0 aliphatic heterocycles. The Morgan fingerprint density at radius 2 is 1.55 bits per heavy atom. The molecule has 3 aromatic rings. The number of hydrogen-bond donors (Lipinski definition) is 2. The van der Waals surface area contributed by atoms with Crippen molar-refractivity contribution in [1.82, 2.24) is 10.6 Å². The molecule has 0 aromatic heterocycles. The van der Waals surface area contributed by atoms with Gasteiger partial charge >= 0.3 is 6.18 Å². The number of fused-ring (bicyclic) bond motifs is 1. The molecule has 1 aliphatic rings. The van der Waals surface area contributed by atoms with E-state index in [0.29, 0.717) is 0 Å². The molecule has 0 radical (unpaired) electrons. The summed E-state index contributed by atoms with van der Waals surface area (Å²) in [6.45, 7) is 2.09. The van der Waals surface area contributed by atoms with Gasteiger partial charge in [-0.15, -0.1) is 12.4 Å². The molecule has 3 aromatic carbocycles. The summed E-state index contributed by atoms with van der Waals surface area (Å²) < 4.78 is 40.1. The van der Waals surface area contributed by atoms with Crippen LogP contribution in [-0.2, 0) is 6.18 Å². The highest BCUT2D eigenvalue weighted by atomic mass is 35.5. The number of rotatable bonds is 5. The number of carbonyl (C=O) groups is 1. The molecule has 1 amide bonds. The summed E-state index contributed by atoms with van der Waals surface area (Å²) in [4.78, 5) is 12.8. The van der Waals surface area contributed by atoms with Gasteiger partial charge in [0.05, 0.1) is 11.1 Å². The maximum atomic E-state index is 13.4. The molecule has 0 spiro atoms. The van der Waals surface area contributed by atoms with Gasteiger partial charge < -0.3 is 10.6 Å². The molecule has 4 rings (SSSR count). The quantitative estimate of drug-likeness (QED) is 0.431. The normalized spacial score (nSPS) is 19.5. The van der Waals surface area contributed by atoms with Crippen LogP contribution >= 0.6 is 12.4 Å². The van der Waals surface area contributed by atoms with E-state index >= 15 is 0 Å². The van der Waals surface area contributed by atoms with E-state index in [2.05, 4.69) is 41.8 Å². The summed E-state index contributed by atoms with van der Waals surface area (Å²) in [5.74, 6) is -0.672. The molecular formula is C26H28ClF3N2O. The number of carbonyl (C=O) groups excluding carboxylic acids is 1. The zero-order valence-corrected chi connectivity index (χ0v) is 19.2. The fourth-order valence-electron chi connectivity index (χ4n) is 4.72. The molecule has 0 bridgehead atoms. The minimum absolute atomic E-state index is 0. The second kappa shape index (κ2) is 10.6. The monoisotopic (exact) mass is 476 g/mol. The zero-order chi connectivity index (χ0) is 22.7. The van der Waals surface area contributed by atoms with Gasteiger partial charge in [-0.05, 0) is 48.2 Å². The largest absolute Gasteiger partial charge is 0.417 e. The minimum atomic E-state index is -4.57. The fourth-order valence-corrected chi connectivity index (χ4v) is 4.72. The van der Waals surface area contributed by atoms with E-state index in [0.717, 1.165) is 37.1 Å². The Morgan fingerprint density at radius 1 is 0.909 bits per heavy atom. The van der Waals surface area contributed by atoms with Crippen molar-refractivity contribution in [1.29, 1.82) is 0 Å². The highest BCUT2D eigenvalue weighted by molar-refractivity contribution is 5.96. The topological polar surface area (TPSA) is 41.1 Å². The molecule has 176 valence electrons. The molecule has 1 aliphatic carbocycles. The van der Waals surface area contributed by atoms with Gasteiger partial charge in [0.15, 0.2) is 0 Å². The summed E-state index contributed by atoms with van der Waals surface area (Å²) in [7, 11) is 0. The number of alkyl halides is 3. The Balaban J connectivity index is 0.00000306. The van der Waals surface area contributed by atoms with Crippen LogP contribution in [0.5, 0.6) is 0 Å². The molecule has 1 fully saturated rings. The summed E-state index contributed by atoms with van der Waals surface area (Å²) in [6, 6.07) is 19.1. The molecule has 3 nitrogen and oxygen atoms in total. The molecule has 3 atom stereocenters. The van der Waals surface area contributed by atoms with E-state index < -0.39 is 17.6 Å². The van der Waals surface area contributed by atoms with Crippen LogP contribution in [-0.4, -0.2) is 18.0 Å². The second-order valence-electron chi connectivity index (χ2n) is 8.47. The lowest BCUT2D eigenvalue weighted by molar-refractivity contribution is -0.137. The molecule has 1 unspecified atom stereocenters. The van der Waals surface area contributed by atoms with Crippen LogP contribution in [0.25, 0.3) is 10.8 Å². The molecule has 0 heterocycles. The van der Waals surface area contributed by atoms with Gasteiger partial charge in [-0.2, -0.15) is 13.2 Å². The predicted octanol–water partition coefficient (Wildman–Crippen LogP) is 6.67. The maximum absolute atomic E-state index is 13.4. The predicted molar refractivity (Wildman–Crippen MR) is 128 cm³/mol. The Kier molecular flexibility index (Phi) is 8.03. The van der Waals surface area contributed by atoms with Crippen molar-refractivity contribution < 1.29 is 18.0 Å². The Hall–Kier alpha value is -2.57. The third kappa shape index (κ3) is 5.68. The van der Waals surface area contributed by atoms with E-state index in [1.165, 1.54) is 29.1 Å². The van der Waals surface area contributed by atoms with Gasteiger partial charge in [-0.25, -0.2) is 0 Å². The summed E-state index contributed by atoms with van der Waals surface area (Å²) >= 11 is 0. The van der Waals surface area contributed by atoms with Gasteiger partial charge in [0.2, 0.25) is 0 Å². The Morgan fingerprint density at radius 3 is 2.30 bits per heavy atom. The third-order valence-electron chi connectivity index (χ3n) is 6.31. The van der Waals surface area contributed by atoms with Crippen molar-refractivity contribution in [2.24, 2.45) is 0 Å². The average molecular weight is 477 g/mol. The first-order chi connectivity index (χ1) is 15.3. The average Bonchev–Trinajstić information content (AvgIpc) is 2.79. The number of hydrogen-bond acceptors (Lipinski definition) is 2. The van der Waals surface area contributed by atoms with Crippen molar-refractivity contribution in [2.75, 3.05) is 0 Å². The lowest BCUT2D eigenvalue weighted by Gasteiger charge is -2.35. The first-order valence-corrected chi connectivity index (χ1v) is 11.1. The number of amides is 1. The highest BCUT2D eigenvalue weighted by Crippen LogP contribution is 2.32. The smallest absolute Gasteiger partial charge is 0.348 e. The highest BCUT2D eigenvalue weighted by Gasteiger charge is 2.36. The Bertz CT molecular complexity index is 1100. The standard InChI is InChI=1S/C26H27F3N2O.ClH/c1-17(19-13-8-10-18-9-2-3-11-20(18)19)30-23-15-6-7-16-24(23)31-25(32)21-12-4-5-14-22(21)26(27,28)29;/h2-5,8-14,17,23-24,30H,6-7,15-16H2,1H3,(H,31,32);1H/t17?,23-,24-;/m1./s1. The van der Waals surface area contributed by atoms with Crippen molar-refractivity contribution in [3.05, 3.63) is 83.4 Å². The van der Waals surface area contributed by atoms with Gasteiger partial charge in [-0.1, -0.05) is 67.4 Å². The SMILES string of the molecule is CC(N[C@@H]1CCCC[C@H]1NC(=O)c1ccccc1C(F)(F)F)c1cccc2ccccc12.Cl. The van der Waals surface area contributed by atoms with Crippen molar-refractivity contribution in [3.8, 4) is 0 Å². The number of benzene rings is 3. The van der Waals surface area contributed by atoms with E-state index in [9.17, 15) is 18.0 Å². The third-order valence-corrected chi connectivity index (χ3v) is 6.31. The first kappa shape index (κ1) is 25.1. The molecule has 33 heavy (non-hydrogen) atoms. The molecule has 1 saturated carbocycles. The van der Waals surface area contributed by atoms with Crippen LogP contribution in [0.15, 0.2) is 66.7 Å². The Labute approximate surface area is 198 Å². The van der Waals surface area contributed by atoms with Crippen LogP contribution in [0.2, 0.25) is 0 Å². The summed E-state index contributed by atoms with van der Waals surface area (Å²) in [5.41, 5.74) is -0.0606. The first-order valence-electron chi connectivity index (χ1n) is 11.1. The summed E-state index contributed by atoms with van der Waals surface area (Å²) in [6.07, 6.45) is -1.01. The minimum Gasteiger partial charge on any atom is -0.348 e. The van der Waals surface area contributed by atoms with Gasteiger partial charge in [0.1, 0.15) is 0 Å². The second-order valence-corrected chi connectivity index (χ2v) is 8.47. The van der Waals surface area contributed by atoms with Crippen LogP contribution in [0, 0.1) is 0 Å². The van der Waals surface area contributed by atoms with Gasteiger partial charge in [0.25, 0.3) is 5.91 Å².